The Bertz CT molecular complexity index is 513. The van der Waals surface area contributed by atoms with E-state index in [0.29, 0.717) is 0 Å². The summed E-state index contributed by atoms with van der Waals surface area (Å²) in [5.41, 5.74) is 0. The monoisotopic (exact) mass is 298 g/mol. The second kappa shape index (κ2) is 9.46. The molecule has 0 unspecified atom stereocenters. The molecule has 0 aliphatic rings. The van der Waals surface area contributed by atoms with E-state index < -0.39 is 5.97 Å². The SMILES string of the molecule is COC(=O)CCC(C)=O.COC(=O)c1ccc(C(C)=O)o1. The van der Waals surface area contributed by atoms with Gasteiger partial charge in [0.2, 0.25) is 5.76 Å². The Hall–Kier alpha value is -2.44. The van der Waals surface area contributed by atoms with Crippen molar-refractivity contribution in [1.82, 2.24) is 0 Å². The highest BCUT2D eigenvalue weighted by Gasteiger charge is 2.12. The minimum absolute atomic E-state index is 0.0143. The van der Waals surface area contributed by atoms with Gasteiger partial charge in [-0.3, -0.25) is 9.59 Å². The lowest BCUT2D eigenvalue weighted by molar-refractivity contribution is -0.141. The number of hydrogen-bond donors (Lipinski definition) is 0. The Balaban J connectivity index is 0.000000400. The average Bonchev–Trinajstić information content (AvgIpc) is 2.94. The molecule has 0 aliphatic heterocycles. The summed E-state index contributed by atoms with van der Waals surface area (Å²) in [6.07, 6.45) is 0.485. The third-order valence-corrected chi connectivity index (χ3v) is 2.25. The number of hydrogen-bond acceptors (Lipinski definition) is 7. The first-order valence-electron chi connectivity index (χ1n) is 6.07. The topological polar surface area (TPSA) is 99.9 Å². The normalized spacial score (nSPS) is 9.14. The Labute approximate surface area is 122 Å². The van der Waals surface area contributed by atoms with Crippen LogP contribution >= 0.6 is 0 Å². The fraction of sp³-hybridized carbons (Fsp3) is 0.429. The molecule has 7 nitrogen and oxygen atoms in total. The molecule has 21 heavy (non-hydrogen) atoms. The number of methoxy groups -OCH3 is 2. The van der Waals surface area contributed by atoms with Gasteiger partial charge in [0.05, 0.1) is 20.6 Å². The van der Waals surface area contributed by atoms with Crippen molar-refractivity contribution in [2.24, 2.45) is 0 Å². The number of furan rings is 1. The van der Waals surface area contributed by atoms with E-state index >= 15 is 0 Å². The second-order valence-corrected chi connectivity index (χ2v) is 3.99. The molecule has 0 radical (unpaired) electrons. The second-order valence-electron chi connectivity index (χ2n) is 3.99. The number of ketones is 2. The van der Waals surface area contributed by atoms with E-state index in [2.05, 4.69) is 9.47 Å². The van der Waals surface area contributed by atoms with Crippen LogP contribution in [0.2, 0.25) is 0 Å². The van der Waals surface area contributed by atoms with Crippen molar-refractivity contribution in [2.75, 3.05) is 14.2 Å². The molecule has 1 rings (SSSR count). The van der Waals surface area contributed by atoms with Crippen LogP contribution in [0.4, 0.5) is 0 Å². The first kappa shape index (κ1) is 18.6. The van der Waals surface area contributed by atoms with Gasteiger partial charge in [-0.05, 0) is 19.1 Å². The number of rotatable bonds is 5. The van der Waals surface area contributed by atoms with Crippen LogP contribution in [0.25, 0.3) is 0 Å². The zero-order chi connectivity index (χ0) is 16.4. The molecule has 1 aromatic rings. The van der Waals surface area contributed by atoms with Gasteiger partial charge in [-0.2, -0.15) is 0 Å². The summed E-state index contributed by atoms with van der Waals surface area (Å²) >= 11 is 0. The van der Waals surface area contributed by atoms with Crippen molar-refractivity contribution in [3.8, 4) is 0 Å². The molecule has 0 bridgehead atoms. The largest absolute Gasteiger partial charge is 0.469 e. The van der Waals surface area contributed by atoms with E-state index in [0.717, 1.165) is 0 Å². The van der Waals surface area contributed by atoms with E-state index in [9.17, 15) is 19.2 Å². The summed E-state index contributed by atoms with van der Waals surface area (Å²) in [6, 6.07) is 2.84. The van der Waals surface area contributed by atoms with Crippen molar-refractivity contribution in [3.63, 3.8) is 0 Å². The van der Waals surface area contributed by atoms with Gasteiger partial charge in [0.15, 0.2) is 11.5 Å². The van der Waals surface area contributed by atoms with E-state index in [1.54, 1.807) is 0 Å². The van der Waals surface area contributed by atoms with Crippen LogP contribution in [-0.4, -0.2) is 37.7 Å². The molecule has 7 heteroatoms. The van der Waals surface area contributed by atoms with Gasteiger partial charge in [0, 0.05) is 13.3 Å². The maximum atomic E-state index is 10.8. The number of carbonyl (C=O) groups is 4. The van der Waals surface area contributed by atoms with Gasteiger partial charge in [-0.25, -0.2) is 4.79 Å². The molecular weight excluding hydrogens is 280 g/mol. The molecular formula is C14H18O7. The molecule has 0 saturated heterocycles. The molecule has 0 aromatic carbocycles. The third kappa shape index (κ3) is 7.66. The summed E-state index contributed by atoms with van der Waals surface area (Å²) in [5.74, 6) is -0.906. The van der Waals surface area contributed by atoms with Gasteiger partial charge in [-0.1, -0.05) is 0 Å². The zero-order valence-electron chi connectivity index (χ0n) is 12.4. The highest BCUT2D eigenvalue weighted by molar-refractivity contribution is 5.93. The molecule has 0 fully saturated rings. The van der Waals surface area contributed by atoms with Crippen molar-refractivity contribution in [1.29, 1.82) is 0 Å². The van der Waals surface area contributed by atoms with Crippen LogP contribution < -0.4 is 0 Å². The lowest BCUT2D eigenvalue weighted by Gasteiger charge is -1.93. The average molecular weight is 298 g/mol. The minimum Gasteiger partial charge on any atom is -0.469 e. The molecule has 0 spiro atoms. The Kier molecular flexibility index (Phi) is 8.36. The number of esters is 2. The van der Waals surface area contributed by atoms with Crippen LogP contribution in [0.1, 0.15) is 47.8 Å². The summed E-state index contributed by atoms with van der Waals surface area (Å²) in [7, 11) is 2.56. The summed E-state index contributed by atoms with van der Waals surface area (Å²) in [5, 5.41) is 0. The van der Waals surface area contributed by atoms with Crippen molar-refractivity contribution in [2.45, 2.75) is 26.7 Å². The Morgan fingerprint density at radius 1 is 0.952 bits per heavy atom. The quantitative estimate of drug-likeness (QED) is 0.603. The third-order valence-electron chi connectivity index (χ3n) is 2.25. The molecule has 1 aromatic heterocycles. The molecule has 0 N–H and O–H groups in total. The fourth-order valence-corrected chi connectivity index (χ4v) is 1.12. The fourth-order valence-electron chi connectivity index (χ4n) is 1.12. The Morgan fingerprint density at radius 3 is 1.90 bits per heavy atom. The highest BCUT2D eigenvalue weighted by Crippen LogP contribution is 2.09. The standard InChI is InChI=1S/C8H8O4.C6H10O3/c1-5(9)6-3-4-7(12-6)8(10)11-2;1-5(7)3-4-6(8)9-2/h3-4H,1-2H3;3-4H2,1-2H3. The van der Waals surface area contributed by atoms with Crippen molar-refractivity contribution >= 4 is 23.5 Å². The molecule has 0 aliphatic carbocycles. The molecule has 0 amide bonds. The van der Waals surface area contributed by atoms with E-state index in [4.69, 9.17) is 4.42 Å². The lowest BCUT2D eigenvalue weighted by Crippen LogP contribution is -2.02. The van der Waals surface area contributed by atoms with Gasteiger partial charge >= 0.3 is 11.9 Å². The van der Waals surface area contributed by atoms with E-state index in [-0.39, 0.29) is 41.9 Å². The Morgan fingerprint density at radius 2 is 1.52 bits per heavy atom. The van der Waals surface area contributed by atoms with E-state index in [1.807, 2.05) is 0 Å². The lowest BCUT2D eigenvalue weighted by atomic mass is 10.2. The van der Waals surface area contributed by atoms with Gasteiger partial charge in [0.25, 0.3) is 0 Å². The van der Waals surface area contributed by atoms with Gasteiger partial charge < -0.3 is 18.7 Å². The minimum atomic E-state index is -0.581. The molecule has 0 atom stereocenters. The van der Waals surface area contributed by atoms with Crippen molar-refractivity contribution in [3.05, 3.63) is 23.7 Å². The maximum Gasteiger partial charge on any atom is 0.373 e. The number of carbonyl (C=O) groups excluding carboxylic acids is 4. The summed E-state index contributed by atoms with van der Waals surface area (Å²) in [6.45, 7) is 2.81. The molecule has 1 heterocycles. The van der Waals surface area contributed by atoms with Crippen LogP contribution in [0.15, 0.2) is 16.5 Å². The zero-order valence-corrected chi connectivity index (χ0v) is 12.4. The summed E-state index contributed by atoms with van der Waals surface area (Å²) < 4.78 is 13.6. The van der Waals surface area contributed by atoms with Crippen LogP contribution in [0.3, 0.4) is 0 Å². The number of ether oxygens (including phenoxy) is 2. The highest BCUT2D eigenvalue weighted by atomic mass is 16.5. The molecule has 0 saturated carbocycles. The smallest absolute Gasteiger partial charge is 0.373 e. The first-order chi connectivity index (χ1) is 9.81. The predicted octanol–water partition coefficient (Wildman–Crippen LogP) is 1.80. The number of Topliss-reactive ketones (excluding diaryl/α,β-unsaturated/α-hetero) is 2. The van der Waals surface area contributed by atoms with Gasteiger partial charge in [0.1, 0.15) is 5.78 Å². The van der Waals surface area contributed by atoms with Crippen LogP contribution in [0.5, 0.6) is 0 Å². The van der Waals surface area contributed by atoms with Gasteiger partial charge in [-0.15, -0.1) is 0 Å². The molecule has 116 valence electrons. The maximum absolute atomic E-state index is 10.8. The first-order valence-corrected chi connectivity index (χ1v) is 6.07. The summed E-state index contributed by atoms with van der Waals surface area (Å²) in [4.78, 5) is 42.1. The van der Waals surface area contributed by atoms with Crippen LogP contribution in [0, 0.1) is 0 Å². The van der Waals surface area contributed by atoms with Crippen LogP contribution in [-0.2, 0) is 19.1 Å². The van der Waals surface area contributed by atoms with E-state index in [1.165, 1.54) is 40.2 Å². The predicted molar refractivity (Wildman–Crippen MR) is 72.0 cm³/mol. The van der Waals surface area contributed by atoms with Crippen molar-refractivity contribution < 1.29 is 33.1 Å².